The van der Waals surface area contributed by atoms with Gasteiger partial charge in [-0.1, -0.05) is 12.2 Å². The molecule has 0 aromatic carbocycles. The molecule has 0 heterocycles. The molecule has 14 heavy (non-hydrogen) atoms. The van der Waals surface area contributed by atoms with Crippen LogP contribution >= 0.6 is 0 Å². The van der Waals surface area contributed by atoms with Crippen LogP contribution in [0.25, 0.3) is 0 Å². The van der Waals surface area contributed by atoms with Crippen LogP contribution < -0.4 is 0 Å². The molecule has 0 N–H and O–H groups in total. The van der Waals surface area contributed by atoms with Crippen molar-refractivity contribution in [1.29, 1.82) is 0 Å². The first-order valence-corrected chi connectivity index (χ1v) is 5.37. The summed E-state index contributed by atoms with van der Waals surface area (Å²) < 4.78 is 10.8. The molecular weight excluding hydrogens is 176 g/mol. The minimum Gasteiger partial charge on any atom is -0.356 e. The van der Waals surface area contributed by atoms with E-state index in [1.807, 2.05) is 13.0 Å². The Bertz CT molecular complexity index is 196. The second-order valence-corrected chi connectivity index (χ2v) is 3.47. The van der Waals surface area contributed by atoms with E-state index in [1.165, 1.54) is 18.4 Å². The van der Waals surface area contributed by atoms with Gasteiger partial charge in [0.1, 0.15) is 6.79 Å². The van der Waals surface area contributed by atoms with Gasteiger partial charge in [0.2, 0.25) is 0 Å². The van der Waals surface area contributed by atoms with Crippen LogP contribution in [0, 0.1) is 0 Å². The molecule has 0 saturated heterocycles. The molecule has 1 unspecified atom stereocenters. The average Bonchev–Trinajstić information content (AvgIpc) is 2.21. The van der Waals surface area contributed by atoms with Crippen LogP contribution in [0.15, 0.2) is 24.3 Å². The van der Waals surface area contributed by atoms with Crippen molar-refractivity contribution in [2.75, 3.05) is 13.4 Å². The van der Waals surface area contributed by atoms with Crippen molar-refractivity contribution < 1.29 is 9.47 Å². The molecular formula is C12H20O2. The summed E-state index contributed by atoms with van der Waals surface area (Å²) in [6, 6.07) is 0. The summed E-state index contributed by atoms with van der Waals surface area (Å²) in [5, 5.41) is 0. The zero-order chi connectivity index (χ0) is 10.2. The maximum absolute atomic E-state index is 5.65. The van der Waals surface area contributed by atoms with Crippen LogP contribution in [-0.2, 0) is 9.47 Å². The second kappa shape index (κ2) is 6.80. The van der Waals surface area contributed by atoms with Crippen LogP contribution in [-0.4, -0.2) is 19.5 Å². The van der Waals surface area contributed by atoms with Crippen molar-refractivity contribution in [2.24, 2.45) is 0 Å². The first-order valence-electron chi connectivity index (χ1n) is 5.37. The van der Waals surface area contributed by atoms with Crippen molar-refractivity contribution in [3.05, 3.63) is 24.3 Å². The van der Waals surface area contributed by atoms with Crippen molar-refractivity contribution in [1.82, 2.24) is 0 Å². The maximum atomic E-state index is 5.65. The quantitative estimate of drug-likeness (QED) is 0.369. The zero-order valence-electron chi connectivity index (χ0n) is 9.00. The van der Waals surface area contributed by atoms with E-state index in [1.54, 1.807) is 0 Å². The number of hydrogen-bond donors (Lipinski definition) is 0. The normalized spacial score (nSPS) is 21.8. The molecule has 0 aromatic heterocycles. The fourth-order valence-electron chi connectivity index (χ4n) is 1.69. The molecule has 2 heteroatoms. The van der Waals surface area contributed by atoms with Crippen molar-refractivity contribution in [3.63, 3.8) is 0 Å². The molecule has 0 radical (unpaired) electrons. The largest absolute Gasteiger partial charge is 0.356 e. The van der Waals surface area contributed by atoms with Crippen LogP contribution in [0.1, 0.15) is 32.6 Å². The lowest BCUT2D eigenvalue weighted by Crippen LogP contribution is -2.20. The van der Waals surface area contributed by atoms with E-state index in [4.69, 9.17) is 9.47 Å². The van der Waals surface area contributed by atoms with E-state index in [0.29, 0.717) is 13.4 Å². The standard InChI is InChI=1S/C12H20O2/c1-3-7-11-8-5-6-9-12(11)14-10-13-4-2/h3,8,12H,1,4-7,9-10H2,2H3. The Labute approximate surface area is 86.6 Å². The summed E-state index contributed by atoms with van der Waals surface area (Å²) in [5.74, 6) is 0. The summed E-state index contributed by atoms with van der Waals surface area (Å²) in [6.07, 6.45) is 8.93. The summed E-state index contributed by atoms with van der Waals surface area (Å²) in [5.41, 5.74) is 1.37. The van der Waals surface area contributed by atoms with Crippen LogP contribution in [0.3, 0.4) is 0 Å². The zero-order valence-corrected chi connectivity index (χ0v) is 9.00. The van der Waals surface area contributed by atoms with Crippen molar-refractivity contribution in [3.8, 4) is 0 Å². The van der Waals surface area contributed by atoms with Gasteiger partial charge < -0.3 is 9.47 Å². The number of hydrogen-bond acceptors (Lipinski definition) is 2. The highest BCUT2D eigenvalue weighted by Crippen LogP contribution is 2.23. The van der Waals surface area contributed by atoms with E-state index in [2.05, 4.69) is 12.7 Å². The Kier molecular flexibility index (Phi) is 5.57. The molecule has 0 spiro atoms. The van der Waals surface area contributed by atoms with Gasteiger partial charge in [0.05, 0.1) is 6.10 Å². The molecule has 0 amide bonds. The highest BCUT2D eigenvalue weighted by Gasteiger charge is 2.16. The SMILES string of the molecule is C=CCC1=CCCCC1OCOCC. The lowest BCUT2D eigenvalue weighted by atomic mass is 9.94. The van der Waals surface area contributed by atoms with Gasteiger partial charge in [-0.25, -0.2) is 0 Å². The van der Waals surface area contributed by atoms with Gasteiger partial charge in [0.25, 0.3) is 0 Å². The molecule has 0 fully saturated rings. The Morgan fingerprint density at radius 1 is 1.64 bits per heavy atom. The van der Waals surface area contributed by atoms with Gasteiger partial charge in [-0.05, 0) is 38.2 Å². The summed E-state index contributed by atoms with van der Waals surface area (Å²) in [6.45, 7) is 6.86. The third-order valence-corrected chi connectivity index (χ3v) is 2.43. The van der Waals surface area contributed by atoms with Crippen LogP contribution in [0.2, 0.25) is 0 Å². The Morgan fingerprint density at radius 3 is 3.21 bits per heavy atom. The highest BCUT2D eigenvalue weighted by atomic mass is 16.7. The summed E-state index contributed by atoms with van der Waals surface area (Å²) >= 11 is 0. The molecule has 80 valence electrons. The fourth-order valence-corrected chi connectivity index (χ4v) is 1.69. The van der Waals surface area contributed by atoms with Crippen molar-refractivity contribution >= 4 is 0 Å². The molecule has 1 aliphatic rings. The number of allylic oxidation sites excluding steroid dienone is 2. The van der Waals surface area contributed by atoms with Gasteiger partial charge in [0.15, 0.2) is 0 Å². The van der Waals surface area contributed by atoms with Gasteiger partial charge >= 0.3 is 0 Å². The molecule has 1 aliphatic carbocycles. The highest BCUT2D eigenvalue weighted by molar-refractivity contribution is 5.14. The van der Waals surface area contributed by atoms with E-state index in [-0.39, 0.29) is 6.10 Å². The predicted molar refractivity (Wildman–Crippen MR) is 58.1 cm³/mol. The molecule has 2 nitrogen and oxygen atoms in total. The fraction of sp³-hybridized carbons (Fsp3) is 0.667. The first kappa shape index (κ1) is 11.5. The van der Waals surface area contributed by atoms with Gasteiger partial charge in [0, 0.05) is 6.61 Å². The van der Waals surface area contributed by atoms with Crippen LogP contribution in [0.4, 0.5) is 0 Å². The summed E-state index contributed by atoms with van der Waals surface area (Å²) in [4.78, 5) is 0. The van der Waals surface area contributed by atoms with E-state index >= 15 is 0 Å². The molecule has 1 atom stereocenters. The molecule has 0 saturated carbocycles. The lowest BCUT2D eigenvalue weighted by Gasteiger charge is -2.23. The third kappa shape index (κ3) is 3.64. The predicted octanol–water partition coefficient (Wildman–Crippen LogP) is 3.05. The molecule has 0 aliphatic heterocycles. The molecule has 0 bridgehead atoms. The topological polar surface area (TPSA) is 18.5 Å². The minimum atomic E-state index is 0.258. The lowest BCUT2D eigenvalue weighted by molar-refractivity contribution is -0.0787. The summed E-state index contributed by atoms with van der Waals surface area (Å²) in [7, 11) is 0. The van der Waals surface area contributed by atoms with Gasteiger partial charge in [-0.2, -0.15) is 0 Å². The smallest absolute Gasteiger partial charge is 0.147 e. The van der Waals surface area contributed by atoms with E-state index < -0.39 is 0 Å². The van der Waals surface area contributed by atoms with E-state index in [9.17, 15) is 0 Å². The van der Waals surface area contributed by atoms with Crippen molar-refractivity contribution in [2.45, 2.75) is 38.7 Å². The Morgan fingerprint density at radius 2 is 2.50 bits per heavy atom. The van der Waals surface area contributed by atoms with Gasteiger partial charge in [-0.15, -0.1) is 6.58 Å². The number of rotatable bonds is 6. The number of ether oxygens (including phenoxy) is 2. The van der Waals surface area contributed by atoms with Crippen LogP contribution in [0.5, 0.6) is 0 Å². The minimum absolute atomic E-state index is 0.258. The molecule has 0 aromatic rings. The Hall–Kier alpha value is -0.600. The Balaban J connectivity index is 2.36. The first-order chi connectivity index (χ1) is 6.88. The van der Waals surface area contributed by atoms with Gasteiger partial charge in [-0.3, -0.25) is 0 Å². The van der Waals surface area contributed by atoms with E-state index in [0.717, 1.165) is 12.8 Å². The third-order valence-electron chi connectivity index (χ3n) is 2.43. The monoisotopic (exact) mass is 196 g/mol. The second-order valence-electron chi connectivity index (χ2n) is 3.47. The average molecular weight is 196 g/mol. The molecule has 1 rings (SSSR count). The maximum Gasteiger partial charge on any atom is 0.147 e.